The Balaban J connectivity index is 2.06. The van der Waals surface area contributed by atoms with E-state index in [2.05, 4.69) is 5.32 Å². The Morgan fingerprint density at radius 2 is 1.94 bits per heavy atom. The predicted molar refractivity (Wildman–Crippen MR) is 66.1 cm³/mol. The van der Waals surface area contributed by atoms with Crippen LogP contribution in [0, 0.1) is 0 Å². The van der Waals surface area contributed by atoms with E-state index in [1.165, 1.54) is 6.42 Å². The fraction of sp³-hybridized carbons (Fsp3) is 0.538. The number of rotatable bonds is 5. The maximum absolute atomic E-state index is 5.82. The minimum Gasteiger partial charge on any atom is -0.493 e. The number of hydrogen-bond donors (Lipinski definition) is 1. The number of ether oxygens (including phenoxy) is 3. The third-order valence-electron chi connectivity index (χ3n) is 2.97. The van der Waals surface area contributed by atoms with Crippen molar-refractivity contribution in [3.05, 3.63) is 18.2 Å². The molecule has 1 fully saturated rings. The Labute approximate surface area is 102 Å². The van der Waals surface area contributed by atoms with E-state index in [1.807, 2.05) is 18.2 Å². The summed E-state index contributed by atoms with van der Waals surface area (Å²) in [6.07, 6.45) is 2.38. The average molecular weight is 237 g/mol. The van der Waals surface area contributed by atoms with Gasteiger partial charge in [-0.25, -0.2) is 0 Å². The van der Waals surface area contributed by atoms with E-state index in [0.29, 0.717) is 29.9 Å². The minimum atomic E-state index is 0.435. The van der Waals surface area contributed by atoms with Crippen LogP contribution >= 0.6 is 0 Å². The third-order valence-corrected chi connectivity index (χ3v) is 2.97. The van der Waals surface area contributed by atoms with Gasteiger partial charge in [-0.3, -0.25) is 0 Å². The van der Waals surface area contributed by atoms with Gasteiger partial charge in [-0.2, -0.15) is 0 Å². The summed E-state index contributed by atoms with van der Waals surface area (Å²) in [4.78, 5) is 0. The van der Waals surface area contributed by atoms with E-state index in [0.717, 1.165) is 13.0 Å². The van der Waals surface area contributed by atoms with Gasteiger partial charge in [0.2, 0.25) is 5.75 Å². The number of hydrogen-bond acceptors (Lipinski definition) is 4. The molecule has 1 aliphatic heterocycles. The molecule has 1 N–H and O–H groups in total. The van der Waals surface area contributed by atoms with Crippen LogP contribution in [0.3, 0.4) is 0 Å². The summed E-state index contributed by atoms with van der Waals surface area (Å²) in [6.45, 7) is 1.73. The van der Waals surface area contributed by atoms with Gasteiger partial charge in [-0.05, 0) is 31.5 Å². The van der Waals surface area contributed by atoms with Gasteiger partial charge >= 0.3 is 0 Å². The average Bonchev–Trinajstić information content (AvgIpc) is 2.88. The quantitative estimate of drug-likeness (QED) is 0.848. The molecule has 0 bridgehead atoms. The Hall–Kier alpha value is -1.42. The zero-order chi connectivity index (χ0) is 12.1. The maximum atomic E-state index is 5.82. The van der Waals surface area contributed by atoms with Crippen LogP contribution in [-0.2, 0) is 0 Å². The molecule has 94 valence electrons. The summed E-state index contributed by atoms with van der Waals surface area (Å²) in [7, 11) is 3.27. The molecule has 0 unspecified atom stereocenters. The largest absolute Gasteiger partial charge is 0.493 e. The first-order valence-electron chi connectivity index (χ1n) is 5.92. The first kappa shape index (κ1) is 12.0. The molecule has 4 heteroatoms. The number of nitrogens with one attached hydrogen (secondary N) is 1. The van der Waals surface area contributed by atoms with E-state index in [4.69, 9.17) is 14.2 Å². The molecule has 0 aromatic heterocycles. The van der Waals surface area contributed by atoms with Crippen molar-refractivity contribution >= 4 is 0 Å². The van der Waals surface area contributed by atoms with Gasteiger partial charge in [0.05, 0.1) is 14.2 Å². The van der Waals surface area contributed by atoms with Gasteiger partial charge in [0.15, 0.2) is 11.5 Å². The highest BCUT2D eigenvalue weighted by Gasteiger charge is 2.17. The molecule has 2 rings (SSSR count). The summed E-state index contributed by atoms with van der Waals surface area (Å²) < 4.78 is 16.4. The van der Waals surface area contributed by atoms with Gasteiger partial charge in [-0.15, -0.1) is 0 Å². The molecular formula is C13H19NO3. The van der Waals surface area contributed by atoms with Crippen LogP contribution in [0.15, 0.2) is 18.2 Å². The Bertz CT molecular complexity index is 339. The lowest BCUT2D eigenvalue weighted by atomic mass is 10.2. The molecule has 0 radical (unpaired) electrons. The van der Waals surface area contributed by atoms with Gasteiger partial charge in [0, 0.05) is 6.04 Å². The highest BCUT2D eigenvalue weighted by atomic mass is 16.5. The van der Waals surface area contributed by atoms with Crippen molar-refractivity contribution in [1.82, 2.24) is 5.32 Å². The molecule has 1 aromatic carbocycles. The second kappa shape index (κ2) is 5.77. The molecule has 1 atom stereocenters. The van der Waals surface area contributed by atoms with Crippen LogP contribution in [0.4, 0.5) is 0 Å². The van der Waals surface area contributed by atoms with E-state index in [-0.39, 0.29) is 0 Å². The molecule has 0 aliphatic carbocycles. The lowest BCUT2D eigenvalue weighted by molar-refractivity contribution is 0.248. The lowest BCUT2D eigenvalue weighted by Gasteiger charge is -2.16. The fourth-order valence-electron chi connectivity index (χ4n) is 2.04. The van der Waals surface area contributed by atoms with Crippen molar-refractivity contribution in [1.29, 1.82) is 0 Å². The molecule has 1 saturated heterocycles. The number of methoxy groups -OCH3 is 2. The highest BCUT2D eigenvalue weighted by molar-refractivity contribution is 5.51. The van der Waals surface area contributed by atoms with Gasteiger partial charge in [-0.1, -0.05) is 6.07 Å². The van der Waals surface area contributed by atoms with E-state index >= 15 is 0 Å². The standard InChI is InChI=1S/C13H19NO3/c1-15-11-6-3-7-12(16-2)13(11)17-9-10-5-4-8-14-10/h3,6-7,10,14H,4-5,8-9H2,1-2H3/t10-/m1/s1. The van der Waals surface area contributed by atoms with Crippen molar-refractivity contribution in [3.8, 4) is 17.2 Å². The molecule has 0 spiro atoms. The molecule has 0 amide bonds. The second-order valence-corrected chi connectivity index (χ2v) is 4.10. The zero-order valence-corrected chi connectivity index (χ0v) is 10.4. The zero-order valence-electron chi connectivity index (χ0n) is 10.4. The topological polar surface area (TPSA) is 39.7 Å². The van der Waals surface area contributed by atoms with Gasteiger partial charge in [0.25, 0.3) is 0 Å². The van der Waals surface area contributed by atoms with E-state index in [9.17, 15) is 0 Å². The van der Waals surface area contributed by atoms with Crippen LogP contribution in [-0.4, -0.2) is 33.4 Å². The smallest absolute Gasteiger partial charge is 0.203 e. The van der Waals surface area contributed by atoms with Crippen molar-refractivity contribution < 1.29 is 14.2 Å². The van der Waals surface area contributed by atoms with Crippen LogP contribution in [0.1, 0.15) is 12.8 Å². The lowest BCUT2D eigenvalue weighted by Crippen LogP contribution is -2.28. The van der Waals surface area contributed by atoms with Gasteiger partial charge < -0.3 is 19.5 Å². The van der Waals surface area contributed by atoms with Crippen molar-refractivity contribution in [2.45, 2.75) is 18.9 Å². The first-order valence-corrected chi connectivity index (χ1v) is 5.92. The molecule has 4 nitrogen and oxygen atoms in total. The fourth-order valence-corrected chi connectivity index (χ4v) is 2.04. The molecule has 17 heavy (non-hydrogen) atoms. The molecule has 1 aliphatic rings. The van der Waals surface area contributed by atoms with Crippen molar-refractivity contribution in [2.75, 3.05) is 27.4 Å². The second-order valence-electron chi connectivity index (χ2n) is 4.10. The Morgan fingerprint density at radius 3 is 2.47 bits per heavy atom. The Morgan fingerprint density at radius 1 is 1.24 bits per heavy atom. The molecular weight excluding hydrogens is 218 g/mol. The van der Waals surface area contributed by atoms with Crippen LogP contribution in [0.25, 0.3) is 0 Å². The molecule has 1 heterocycles. The summed E-state index contributed by atoms with van der Waals surface area (Å²) in [6, 6.07) is 6.07. The van der Waals surface area contributed by atoms with Crippen molar-refractivity contribution in [3.63, 3.8) is 0 Å². The van der Waals surface area contributed by atoms with Crippen LogP contribution in [0.2, 0.25) is 0 Å². The van der Waals surface area contributed by atoms with E-state index in [1.54, 1.807) is 14.2 Å². The Kier molecular flexibility index (Phi) is 4.09. The van der Waals surface area contributed by atoms with E-state index < -0.39 is 0 Å². The summed E-state index contributed by atoms with van der Waals surface area (Å²) in [5.74, 6) is 2.11. The number of benzene rings is 1. The summed E-state index contributed by atoms with van der Waals surface area (Å²) in [5.41, 5.74) is 0. The molecule has 0 saturated carbocycles. The van der Waals surface area contributed by atoms with Crippen LogP contribution < -0.4 is 19.5 Å². The monoisotopic (exact) mass is 237 g/mol. The predicted octanol–water partition coefficient (Wildman–Crippen LogP) is 1.83. The van der Waals surface area contributed by atoms with Crippen molar-refractivity contribution in [2.24, 2.45) is 0 Å². The SMILES string of the molecule is COc1cccc(OC)c1OC[C@H]1CCCN1. The summed E-state index contributed by atoms with van der Waals surface area (Å²) >= 11 is 0. The normalized spacial score (nSPS) is 19.1. The minimum absolute atomic E-state index is 0.435. The first-order chi connectivity index (χ1) is 8.35. The van der Waals surface area contributed by atoms with Crippen LogP contribution in [0.5, 0.6) is 17.2 Å². The van der Waals surface area contributed by atoms with Gasteiger partial charge in [0.1, 0.15) is 6.61 Å². The maximum Gasteiger partial charge on any atom is 0.203 e. The summed E-state index contributed by atoms with van der Waals surface area (Å²) in [5, 5.41) is 3.40. The molecule has 1 aromatic rings. The highest BCUT2D eigenvalue weighted by Crippen LogP contribution is 2.36. The number of para-hydroxylation sites is 1. The third kappa shape index (κ3) is 2.82.